The van der Waals surface area contributed by atoms with Crippen molar-refractivity contribution >= 4 is 28.4 Å². The third kappa shape index (κ3) is 4.71. The molecule has 2 aromatic carbocycles. The van der Waals surface area contributed by atoms with E-state index in [1.165, 1.54) is 30.3 Å². The Morgan fingerprint density at radius 1 is 1.06 bits per heavy atom. The van der Waals surface area contributed by atoms with Crippen LogP contribution >= 0.6 is 11.8 Å². The maximum Gasteiger partial charge on any atom is 0.191 e. The Morgan fingerprint density at radius 3 is 2.71 bits per heavy atom. The summed E-state index contributed by atoms with van der Waals surface area (Å²) in [5, 5.41) is 10.6. The summed E-state index contributed by atoms with van der Waals surface area (Å²) in [6.07, 6.45) is 6.43. The standard InChI is InChI=1S/C24H25FN4OS/c1-2-3-4-9-14-29-23(19-15-26-21-13-8-6-10-17(19)21)27-28-24(29)31-16-22(30)18-11-5-7-12-20(18)25/h5-8,10-13,15,26H,2-4,9,14,16H2,1H3. The normalized spacial score (nSPS) is 11.3. The van der Waals surface area contributed by atoms with Gasteiger partial charge < -0.3 is 9.55 Å². The number of rotatable bonds is 10. The largest absolute Gasteiger partial charge is 0.360 e. The second-order valence-corrected chi connectivity index (χ2v) is 8.40. The minimum Gasteiger partial charge on any atom is -0.360 e. The predicted octanol–water partition coefficient (Wildman–Crippen LogP) is 6.12. The Hall–Kier alpha value is -2.93. The van der Waals surface area contributed by atoms with Gasteiger partial charge in [0.25, 0.3) is 0 Å². The summed E-state index contributed by atoms with van der Waals surface area (Å²) in [6.45, 7) is 2.96. The van der Waals surface area contributed by atoms with E-state index in [0.29, 0.717) is 5.16 Å². The van der Waals surface area contributed by atoms with E-state index in [9.17, 15) is 9.18 Å². The van der Waals surface area contributed by atoms with Crippen LogP contribution in [0.5, 0.6) is 0 Å². The van der Waals surface area contributed by atoms with Gasteiger partial charge in [-0.05, 0) is 24.6 Å². The van der Waals surface area contributed by atoms with Gasteiger partial charge in [-0.15, -0.1) is 10.2 Å². The zero-order chi connectivity index (χ0) is 21.6. The molecule has 7 heteroatoms. The predicted molar refractivity (Wildman–Crippen MR) is 123 cm³/mol. The number of aromatic amines is 1. The topological polar surface area (TPSA) is 63.6 Å². The van der Waals surface area contributed by atoms with Crippen LogP contribution in [-0.2, 0) is 6.54 Å². The number of nitrogens with zero attached hydrogens (tertiary/aromatic N) is 3. The summed E-state index contributed by atoms with van der Waals surface area (Å²) in [4.78, 5) is 15.8. The van der Waals surface area contributed by atoms with Gasteiger partial charge in [0.15, 0.2) is 16.8 Å². The second kappa shape index (κ2) is 9.92. The van der Waals surface area contributed by atoms with Gasteiger partial charge in [0.1, 0.15) is 5.82 Å². The first kappa shape index (κ1) is 21.3. The summed E-state index contributed by atoms with van der Waals surface area (Å²) >= 11 is 1.31. The summed E-state index contributed by atoms with van der Waals surface area (Å²) in [7, 11) is 0. The summed E-state index contributed by atoms with van der Waals surface area (Å²) < 4.78 is 16.0. The molecule has 160 valence electrons. The molecule has 2 heterocycles. The highest BCUT2D eigenvalue weighted by Gasteiger charge is 2.19. The SMILES string of the molecule is CCCCCCn1c(SCC(=O)c2ccccc2F)nnc1-c1c[nH]c2ccccc12. The van der Waals surface area contributed by atoms with Crippen LogP contribution in [0.25, 0.3) is 22.3 Å². The molecule has 4 aromatic rings. The average molecular weight is 437 g/mol. The number of hydrogen-bond donors (Lipinski definition) is 1. The fourth-order valence-electron chi connectivity index (χ4n) is 3.64. The van der Waals surface area contributed by atoms with Crippen molar-refractivity contribution in [1.29, 1.82) is 0 Å². The number of ketones is 1. The van der Waals surface area contributed by atoms with E-state index in [4.69, 9.17) is 0 Å². The molecule has 0 aliphatic rings. The first-order valence-corrected chi connectivity index (χ1v) is 11.6. The lowest BCUT2D eigenvalue weighted by Gasteiger charge is -2.10. The Labute approximate surface area is 185 Å². The van der Waals surface area contributed by atoms with Gasteiger partial charge in [0, 0.05) is 29.2 Å². The number of thioether (sulfide) groups is 1. The molecule has 4 rings (SSSR count). The van der Waals surface area contributed by atoms with Crippen LogP contribution in [0.15, 0.2) is 59.9 Å². The molecule has 0 fully saturated rings. The molecule has 0 spiro atoms. The van der Waals surface area contributed by atoms with Gasteiger partial charge in [-0.2, -0.15) is 0 Å². The van der Waals surface area contributed by atoms with Crippen LogP contribution < -0.4 is 0 Å². The Kier molecular flexibility index (Phi) is 6.82. The smallest absolute Gasteiger partial charge is 0.191 e. The van der Waals surface area contributed by atoms with Crippen molar-refractivity contribution < 1.29 is 9.18 Å². The Morgan fingerprint density at radius 2 is 1.87 bits per heavy atom. The van der Waals surface area contributed by atoms with Crippen molar-refractivity contribution in [2.75, 3.05) is 5.75 Å². The fraction of sp³-hybridized carbons (Fsp3) is 0.292. The van der Waals surface area contributed by atoms with E-state index >= 15 is 0 Å². The first-order valence-electron chi connectivity index (χ1n) is 10.6. The molecule has 0 bridgehead atoms. The number of benzene rings is 2. The fourth-order valence-corrected chi connectivity index (χ4v) is 4.49. The lowest BCUT2D eigenvalue weighted by atomic mass is 10.1. The maximum absolute atomic E-state index is 14.0. The van der Waals surface area contributed by atoms with Gasteiger partial charge >= 0.3 is 0 Å². The van der Waals surface area contributed by atoms with Gasteiger partial charge in [-0.25, -0.2) is 4.39 Å². The average Bonchev–Trinajstić information content (AvgIpc) is 3.39. The monoisotopic (exact) mass is 436 g/mol. The molecule has 0 amide bonds. The minimum atomic E-state index is -0.492. The van der Waals surface area contributed by atoms with E-state index in [2.05, 4.69) is 32.7 Å². The van der Waals surface area contributed by atoms with Gasteiger partial charge in [-0.3, -0.25) is 4.79 Å². The number of hydrogen-bond acceptors (Lipinski definition) is 4. The van der Waals surface area contributed by atoms with Crippen LogP contribution in [0.1, 0.15) is 43.0 Å². The molecule has 0 radical (unpaired) electrons. The van der Waals surface area contributed by atoms with E-state index in [1.807, 2.05) is 24.4 Å². The van der Waals surface area contributed by atoms with E-state index in [0.717, 1.165) is 48.1 Å². The summed E-state index contributed by atoms with van der Waals surface area (Å²) in [6, 6.07) is 14.2. The van der Waals surface area contributed by atoms with Crippen LogP contribution in [0.4, 0.5) is 4.39 Å². The summed E-state index contributed by atoms with van der Waals surface area (Å²) in [5.41, 5.74) is 2.15. The van der Waals surface area contributed by atoms with Crippen LogP contribution in [0.2, 0.25) is 0 Å². The van der Waals surface area contributed by atoms with Crippen molar-refractivity contribution in [3.05, 3.63) is 66.1 Å². The van der Waals surface area contributed by atoms with Gasteiger partial charge in [0.05, 0.1) is 11.3 Å². The molecule has 0 aliphatic carbocycles. The number of carbonyl (C=O) groups is 1. The Balaban J connectivity index is 1.60. The summed E-state index contributed by atoms with van der Waals surface area (Å²) in [5.74, 6) is 0.155. The van der Waals surface area contributed by atoms with Crippen molar-refractivity contribution in [2.45, 2.75) is 44.3 Å². The molecule has 0 aliphatic heterocycles. The molecular weight excluding hydrogens is 411 g/mol. The number of para-hydroxylation sites is 1. The second-order valence-electron chi connectivity index (χ2n) is 7.46. The molecule has 0 saturated heterocycles. The highest BCUT2D eigenvalue weighted by atomic mass is 32.2. The molecule has 1 N–H and O–H groups in total. The van der Waals surface area contributed by atoms with E-state index < -0.39 is 5.82 Å². The van der Waals surface area contributed by atoms with Crippen molar-refractivity contribution in [1.82, 2.24) is 19.7 Å². The van der Waals surface area contributed by atoms with E-state index in [-0.39, 0.29) is 17.1 Å². The molecule has 0 saturated carbocycles. The van der Waals surface area contributed by atoms with Crippen molar-refractivity contribution in [3.8, 4) is 11.4 Å². The third-order valence-corrected chi connectivity index (χ3v) is 6.26. The lowest BCUT2D eigenvalue weighted by molar-refractivity contribution is 0.101. The number of carbonyl (C=O) groups excluding carboxylic acids is 1. The van der Waals surface area contributed by atoms with Gasteiger partial charge in [-0.1, -0.05) is 68.3 Å². The number of H-pyrrole nitrogens is 1. The zero-order valence-corrected chi connectivity index (χ0v) is 18.3. The third-order valence-electron chi connectivity index (χ3n) is 5.29. The number of halogens is 1. The Bertz CT molecular complexity index is 1180. The lowest BCUT2D eigenvalue weighted by Crippen LogP contribution is -2.08. The van der Waals surface area contributed by atoms with Crippen LogP contribution in [-0.4, -0.2) is 31.3 Å². The highest BCUT2D eigenvalue weighted by molar-refractivity contribution is 7.99. The van der Waals surface area contributed by atoms with Crippen molar-refractivity contribution in [3.63, 3.8) is 0 Å². The van der Waals surface area contributed by atoms with Crippen LogP contribution in [0, 0.1) is 5.82 Å². The number of fused-ring (bicyclic) bond motifs is 1. The zero-order valence-electron chi connectivity index (χ0n) is 17.5. The molecule has 2 aromatic heterocycles. The molecule has 0 atom stereocenters. The molecule has 5 nitrogen and oxygen atoms in total. The van der Waals surface area contributed by atoms with Crippen LogP contribution in [0.3, 0.4) is 0 Å². The minimum absolute atomic E-state index is 0.112. The van der Waals surface area contributed by atoms with Crippen molar-refractivity contribution in [2.24, 2.45) is 0 Å². The number of aromatic nitrogens is 4. The quantitative estimate of drug-likeness (QED) is 0.185. The highest BCUT2D eigenvalue weighted by Crippen LogP contribution is 2.30. The molecular formula is C24H25FN4OS. The maximum atomic E-state index is 14.0. The number of Topliss-reactive ketones (excluding diaryl/α,β-unsaturated/α-hetero) is 1. The molecule has 0 unspecified atom stereocenters. The molecule has 31 heavy (non-hydrogen) atoms. The first-order chi connectivity index (χ1) is 15.2. The van der Waals surface area contributed by atoms with E-state index in [1.54, 1.807) is 12.1 Å². The number of nitrogens with one attached hydrogen (secondary N) is 1. The van der Waals surface area contributed by atoms with Gasteiger partial charge in [0.2, 0.25) is 0 Å². The number of unbranched alkanes of at least 4 members (excludes halogenated alkanes) is 3.